The van der Waals surface area contributed by atoms with E-state index in [1.165, 1.54) is 19.2 Å². The summed E-state index contributed by atoms with van der Waals surface area (Å²) in [5, 5.41) is 10.5. The van der Waals surface area contributed by atoms with Gasteiger partial charge < -0.3 is 15.2 Å². The van der Waals surface area contributed by atoms with Crippen molar-refractivity contribution in [3.8, 4) is 5.75 Å². The number of carbonyl (C=O) groups excluding carboxylic acids is 1. The topological polar surface area (TPSA) is 105 Å². The average Bonchev–Trinajstić information content (AvgIpc) is 2.46. The molecule has 0 aliphatic rings. The molecule has 7 heteroatoms. The van der Waals surface area contributed by atoms with Crippen LogP contribution < -0.4 is 10.5 Å². The largest absolute Gasteiger partial charge is 0.494 e. The van der Waals surface area contributed by atoms with Gasteiger partial charge in [-0.05, 0) is 38.3 Å². The van der Waals surface area contributed by atoms with Crippen LogP contribution in [0.3, 0.4) is 0 Å². The number of nitro groups is 1. The van der Waals surface area contributed by atoms with Gasteiger partial charge in [0.15, 0.2) is 0 Å². The first-order valence-electron chi connectivity index (χ1n) is 6.61. The summed E-state index contributed by atoms with van der Waals surface area (Å²) >= 11 is 0. The first-order chi connectivity index (χ1) is 9.86. The van der Waals surface area contributed by atoms with Gasteiger partial charge >= 0.3 is 5.97 Å². The summed E-state index contributed by atoms with van der Waals surface area (Å²) in [6.45, 7) is 2.09. The molecular formula is C14H20N2O5. The van der Waals surface area contributed by atoms with Crippen molar-refractivity contribution in [2.75, 3.05) is 13.7 Å². The Balaban J connectivity index is 2.28. The number of hydrogen-bond acceptors (Lipinski definition) is 6. The van der Waals surface area contributed by atoms with Gasteiger partial charge in [-0.15, -0.1) is 0 Å². The lowest BCUT2D eigenvalue weighted by Crippen LogP contribution is -2.45. The van der Waals surface area contributed by atoms with Gasteiger partial charge in [0.1, 0.15) is 11.3 Å². The highest BCUT2D eigenvalue weighted by Crippen LogP contribution is 2.18. The number of carbonyl (C=O) groups is 1. The maximum absolute atomic E-state index is 11.4. The van der Waals surface area contributed by atoms with E-state index in [-0.39, 0.29) is 5.69 Å². The number of unbranched alkanes of at least 4 members (excludes halogenated alkanes) is 1. The number of benzene rings is 1. The molecule has 1 aromatic rings. The Morgan fingerprint density at radius 3 is 2.48 bits per heavy atom. The van der Waals surface area contributed by atoms with Crippen LogP contribution in [-0.4, -0.2) is 30.1 Å². The van der Waals surface area contributed by atoms with Crippen molar-refractivity contribution in [3.63, 3.8) is 0 Å². The number of nitro benzene ring substituents is 1. The zero-order valence-electron chi connectivity index (χ0n) is 12.2. The lowest BCUT2D eigenvalue weighted by atomic mass is 9.96. The number of hydrogen-bond donors (Lipinski definition) is 1. The number of rotatable bonds is 8. The molecule has 0 bridgehead atoms. The van der Waals surface area contributed by atoms with Crippen LogP contribution in [0.25, 0.3) is 0 Å². The lowest BCUT2D eigenvalue weighted by molar-refractivity contribution is -0.384. The third kappa shape index (κ3) is 5.39. The Morgan fingerprint density at radius 2 is 1.95 bits per heavy atom. The summed E-state index contributed by atoms with van der Waals surface area (Å²) in [6.07, 6.45) is 1.94. The summed E-state index contributed by atoms with van der Waals surface area (Å²) < 4.78 is 10.1. The third-order valence-corrected chi connectivity index (χ3v) is 3.06. The molecule has 0 fully saturated rings. The molecule has 0 saturated carbocycles. The molecule has 0 aliphatic heterocycles. The van der Waals surface area contributed by atoms with Crippen LogP contribution >= 0.6 is 0 Å². The zero-order chi connectivity index (χ0) is 15.9. The normalized spacial score (nSPS) is 13.3. The molecule has 0 saturated heterocycles. The van der Waals surface area contributed by atoms with Crippen molar-refractivity contribution < 1.29 is 19.2 Å². The number of non-ortho nitro benzene ring substituents is 1. The monoisotopic (exact) mass is 296 g/mol. The zero-order valence-corrected chi connectivity index (χ0v) is 12.2. The van der Waals surface area contributed by atoms with Crippen LogP contribution in [0.15, 0.2) is 24.3 Å². The molecule has 1 unspecified atom stereocenters. The predicted molar refractivity (Wildman–Crippen MR) is 77.1 cm³/mol. The van der Waals surface area contributed by atoms with E-state index in [1.54, 1.807) is 19.1 Å². The summed E-state index contributed by atoms with van der Waals surface area (Å²) in [7, 11) is 1.31. The van der Waals surface area contributed by atoms with Crippen LogP contribution in [-0.2, 0) is 9.53 Å². The maximum Gasteiger partial charge on any atom is 0.325 e. The van der Waals surface area contributed by atoms with Crippen molar-refractivity contribution in [2.45, 2.75) is 31.7 Å². The van der Waals surface area contributed by atoms with E-state index in [1.807, 2.05) is 0 Å². The van der Waals surface area contributed by atoms with Gasteiger partial charge in [-0.25, -0.2) is 0 Å². The number of nitrogens with zero attached hydrogens (tertiary/aromatic N) is 1. The molecule has 0 spiro atoms. The molecule has 0 heterocycles. The predicted octanol–water partition coefficient (Wildman–Crippen LogP) is 2.03. The van der Waals surface area contributed by atoms with E-state index in [2.05, 4.69) is 4.74 Å². The molecule has 1 aromatic carbocycles. The molecule has 7 nitrogen and oxygen atoms in total. The van der Waals surface area contributed by atoms with Crippen LogP contribution in [0.5, 0.6) is 5.75 Å². The first kappa shape index (κ1) is 16.9. The van der Waals surface area contributed by atoms with Crippen LogP contribution in [0.4, 0.5) is 5.69 Å². The molecule has 0 amide bonds. The van der Waals surface area contributed by atoms with E-state index in [0.29, 0.717) is 18.8 Å². The summed E-state index contributed by atoms with van der Waals surface area (Å²) in [6, 6.07) is 5.90. The van der Waals surface area contributed by atoms with Gasteiger partial charge in [-0.2, -0.15) is 0 Å². The second-order valence-electron chi connectivity index (χ2n) is 4.97. The highest BCUT2D eigenvalue weighted by Gasteiger charge is 2.28. The number of methoxy groups -OCH3 is 1. The Bertz CT molecular complexity index is 485. The smallest absolute Gasteiger partial charge is 0.325 e. The standard InChI is InChI=1S/C14H20N2O5/c1-14(15,13(17)20-2)9-3-4-10-21-12-7-5-11(6-8-12)16(18)19/h5-8H,3-4,9-10,15H2,1-2H3. The van der Waals surface area contributed by atoms with E-state index in [9.17, 15) is 14.9 Å². The molecule has 21 heavy (non-hydrogen) atoms. The molecule has 0 radical (unpaired) electrons. The fourth-order valence-corrected chi connectivity index (χ4v) is 1.78. The van der Waals surface area contributed by atoms with Gasteiger partial charge in [0.25, 0.3) is 5.69 Å². The van der Waals surface area contributed by atoms with Crippen molar-refractivity contribution >= 4 is 11.7 Å². The minimum absolute atomic E-state index is 0.0272. The quantitative estimate of drug-likeness (QED) is 0.340. The van der Waals surface area contributed by atoms with Gasteiger partial charge in [0, 0.05) is 12.1 Å². The fourth-order valence-electron chi connectivity index (χ4n) is 1.78. The van der Waals surface area contributed by atoms with E-state index < -0.39 is 16.4 Å². The molecule has 116 valence electrons. The average molecular weight is 296 g/mol. The lowest BCUT2D eigenvalue weighted by Gasteiger charge is -2.21. The van der Waals surface area contributed by atoms with Gasteiger partial charge in [0.2, 0.25) is 0 Å². The Morgan fingerprint density at radius 1 is 1.33 bits per heavy atom. The molecule has 1 rings (SSSR count). The van der Waals surface area contributed by atoms with Crippen LogP contribution in [0, 0.1) is 10.1 Å². The number of ether oxygens (including phenoxy) is 2. The van der Waals surface area contributed by atoms with Gasteiger partial charge in [-0.3, -0.25) is 14.9 Å². The molecule has 0 aliphatic carbocycles. The molecule has 2 N–H and O–H groups in total. The van der Waals surface area contributed by atoms with Gasteiger partial charge in [-0.1, -0.05) is 0 Å². The van der Waals surface area contributed by atoms with E-state index in [4.69, 9.17) is 10.5 Å². The first-order valence-corrected chi connectivity index (χ1v) is 6.61. The summed E-state index contributed by atoms with van der Waals surface area (Å²) in [4.78, 5) is 21.4. The minimum atomic E-state index is -0.984. The van der Waals surface area contributed by atoms with Crippen molar-refractivity contribution in [1.82, 2.24) is 0 Å². The maximum atomic E-state index is 11.4. The van der Waals surface area contributed by atoms with E-state index >= 15 is 0 Å². The highest BCUT2D eigenvalue weighted by molar-refractivity contribution is 5.79. The SMILES string of the molecule is COC(=O)C(C)(N)CCCCOc1ccc([N+](=O)[O-])cc1. The third-order valence-electron chi connectivity index (χ3n) is 3.06. The highest BCUT2D eigenvalue weighted by atomic mass is 16.6. The summed E-state index contributed by atoms with van der Waals surface area (Å²) in [5.74, 6) is 0.142. The Labute approximate surface area is 123 Å². The summed E-state index contributed by atoms with van der Waals surface area (Å²) in [5.41, 5.74) is 4.87. The fraction of sp³-hybridized carbons (Fsp3) is 0.500. The van der Waals surface area contributed by atoms with Crippen molar-refractivity contribution in [3.05, 3.63) is 34.4 Å². The van der Waals surface area contributed by atoms with Gasteiger partial charge in [0.05, 0.1) is 18.6 Å². The minimum Gasteiger partial charge on any atom is -0.494 e. The second-order valence-corrected chi connectivity index (χ2v) is 4.97. The van der Waals surface area contributed by atoms with Crippen LogP contribution in [0.1, 0.15) is 26.2 Å². The number of esters is 1. The van der Waals surface area contributed by atoms with E-state index in [0.717, 1.165) is 12.8 Å². The van der Waals surface area contributed by atoms with Crippen molar-refractivity contribution in [2.24, 2.45) is 5.73 Å². The second kappa shape index (κ2) is 7.58. The molecule has 1 atom stereocenters. The number of nitrogens with two attached hydrogens (primary N) is 1. The Hall–Kier alpha value is -2.15. The molecule has 0 aromatic heterocycles. The van der Waals surface area contributed by atoms with Crippen molar-refractivity contribution in [1.29, 1.82) is 0 Å². The Kier molecular flexibility index (Phi) is 6.10. The van der Waals surface area contributed by atoms with Crippen LogP contribution in [0.2, 0.25) is 0 Å². The molecular weight excluding hydrogens is 276 g/mol.